The third-order valence-electron chi connectivity index (χ3n) is 2.32. The molecule has 1 fully saturated rings. The highest BCUT2D eigenvalue weighted by molar-refractivity contribution is 4.82. The van der Waals surface area contributed by atoms with Crippen LogP contribution in [0.25, 0.3) is 0 Å². The number of aliphatic hydroxyl groups excluding tert-OH is 1. The molecule has 0 aromatic heterocycles. The Hall–Kier alpha value is -0.0800. The van der Waals surface area contributed by atoms with Gasteiger partial charge in [-0.1, -0.05) is 6.92 Å². The van der Waals surface area contributed by atoms with Gasteiger partial charge in [-0.05, 0) is 24.7 Å². The Morgan fingerprint density at radius 3 is 2.44 bits per heavy atom. The van der Waals surface area contributed by atoms with Crippen LogP contribution in [0.4, 0.5) is 0 Å². The van der Waals surface area contributed by atoms with E-state index in [1.807, 2.05) is 0 Å². The molecule has 1 unspecified atom stereocenters. The Bertz CT molecular complexity index is 94.9. The predicted octanol–water partition coefficient (Wildman–Crippen LogP) is 0.352. The Labute approximate surface area is 56.1 Å². The van der Waals surface area contributed by atoms with Crippen LogP contribution >= 0.6 is 0 Å². The van der Waals surface area contributed by atoms with Crippen LogP contribution in [0.15, 0.2) is 0 Å². The van der Waals surface area contributed by atoms with Crippen LogP contribution in [0.2, 0.25) is 0 Å². The van der Waals surface area contributed by atoms with Crippen LogP contribution in [0.1, 0.15) is 19.8 Å². The van der Waals surface area contributed by atoms with Gasteiger partial charge in [0.2, 0.25) is 0 Å². The molecule has 0 saturated heterocycles. The number of hydrogen-bond donors (Lipinski definition) is 2. The molecule has 3 atom stereocenters. The van der Waals surface area contributed by atoms with E-state index in [1.165, 1.54) is 0 Å². The van der Waals surface area contributed by atoms with Crippen LogP contribution in [0, 0.1) is 11.8 Å². The largest absolute Gasteiger partial charge is 0.396 e. The zero-order valence-electron chi connectivity index (χ0n) is 5.88. The first-order chi connectivity index (χ1) is 4.24. The minimum atomic E-state index is 0.314. The van der Waals surface area contributed by atoms with E-state index in [0.717, 1.165) is 12.8 Å². The van der Waals surface area contributed by atoms with Crippen molar-refractivity contribution in [1.29, 1.82) is 0 Å². The molecule has 0 radical (unpaired) electrons. The predicted molar refractivity (Wildman–Crippen MR) is 36.9 cm³/mol. The summed E-state index contributed by atoms with van der Waals surface area (Å²) in [6, 6.07) is 0.345. The molecule has 9 heavy (non-hydrogen) atoms. The summed E-state index contributed by atoms with van der Waals surface area (Å²) >= 11 is 0. The zero-order chi connectivity index (χ0) is 6.85. The molecule has 0 aliphatic heterocycles. The molecule has 0 aromatic carbocycles. The van der Waals surface area contributed by atoms with E-state index in [-0.39, 0.29) is 0 Å². The molecule has 0 heterocycles. The fraction of sp³-hybridized carbons (Fsp3) is 1.00. The van der Waals surface area contributed by atoms with Gasteiger partial charge in [-0.15, -0.1) is 0 Å². The Kier molecular flexibility index (Phi) is 2.09. The van der Waals surface area contributed by atoms with Gasteiger partial charge in [-0.3, -0.25) is 0 Å². The summed E-state index contributed by atoms with van der Waals surface area (Å²) in [5, 5.41) is 8.80. The third kappa shape index (κ3) is 1.43. The Morgan fingerprint density at radius 2 is 2.22 bits per heavy atom. The monoisotopic (exact) mass is 129 g/mol. The lowest BCUT2D eigenvalue weighted by Crippen LogP contribution is -2.15. The smallest absolute Gasteiger partial charge is 0.0462 e. The molecule has 54 valence electrons. The van der Waals surface area contributed by atoms with Crippen molar-refractivity contribution in [2.75, 3.05) is 6.61 Å². The molecule has 1 aliphatic rings. The summed E-state index contributed by atoms with van der Waals surface area (Å²) < 4.78 is 0. The van der Waals surface area contributed by atoms with Crippen molar-refractivity contribution in [2.24, 2.45) is 17.6 Å². The molecule has 2 heteroatoms. The van der Waals surface area contributed by atoms with Crippen LogP contribution < -0.4 is 5.73 Å². The first-order valence-electron chi connectivity index (χ1n) is 3.60. The summed E-state index contributed by atoms with van der Waals surface area (Å²) in [5.74, 6) is 1.10. The van der Waals surface area contributed by atoms with Gasteiger partial charge < -0.3 is 10.8 Å². The second kappa shape index (κ2) is 2.67. The second-order valence-corrected chi connectivity index (χ2v) is 3.15. The lowest BCUT2D eigenvalue weighted by molar-refractivity contribution is 0.201. The van der Waals surface area contributed by atoms with Crippen LogP contribution in [0.3, 0.4) is 0 Å². The quantitative estimate of drug-likeness (QED) is 0.536. The SMILES string of the molecule is CC1C[C@H](N)C[C@@H]1CO. The highest BCUT2D eigenvalue weighted by Crippen LogP contribution is 2.29. The minimum absolute atomic E-state index is 0.314. The summed E-state index contributed by atoms with van der Waals surface area (Å²) in [6.45, 7) is 2.47. The highest BCUT2D eigenvalue weighted by Gasteiger charge is 2.27. The first kappa shape index (κ1) is 7.03. The average molecular weight is 129 g/mol. The van der Waals surface area contributed by atoms with Crippen molar-refractivity contribution in [3.63, 3.8) is 0 Å². The molecular weight excluding hydrogens is 114 g/mol. The fourth-order valence-electron chi connectivity index (χ4n) is 1.64. The number of hydrogen-bond acceptors (Lipinski definition) is 2. The third-order valence-corrected chi connectivity index (χ3v) is 2.32. The standard InChI is InChI=1S/C7H15NO/c1-5-2-7(8)3-6(5)4-9/h5-7,9H,2-4,8H2,1H3/t5?,6-,7+/m1/s1. The van der Waals surface area contributed by atoms with Gasteiger partial charge in [0.25, 0.3) is 0 Å². The minimum Gasteiger partial charge on any atom is -0.396 e. The number of nitrogens with two attached hydrogens (primary N) is 1. The molecule has 0 amide bonds. The van der Waals surface area contributed by atoms with E-state index in [2.05, 4.69) is 6.92 Å². The van der Waals surface area contributed by atoms with Gasteiger partial charge in [0.1, 0.15) is 0 Å². The molecule has 0 bridgehead atoms. The number of rotatable bonds is 1. The van der Waals surface area contributed by atoms with Gasteiger partial charge in [-0.25, -0.2) is 0 Å². The summed E-state index contributed by atoms with van der Waals surface area (Å²) in [6.07, 6.45) is 2.10. The molecule has 0 spiro atoms. The van der Waals surface area contributed by atoms with E-state index in [4.69, 9.17) is 10.8 Å². The molecule has 1 rings (SSSR count). The number of aliphatic hydroxyl groups is 1. The fourth-order valence-corrected chi connectivity index (χ4v) is 1.64. The van der Waals surface area contributed by atoms with Gasteiger partial charge >= 0.3 is 0 Å². The van der Waals surface area contributed by atoms with Crippen LogP contribution in [-0.4, -0.2) is 17.8 Å². The van der Waals surface area contributed by atoms with Crippen molar-refractivity contribution in [1.82, 2.24) is 0 Å². The van der Waals surface area contributed by atoms with Crippen molar-refractivity contribution < 1.29 is 5.11 Å². The van der Waals surface area contributed by atoms with Gasteiger partial charge in [-0.2, -0.15) is 0 Å². The van der Waals surface area contributed by atoms with E-state index >= 15 is 0 Å². The average Bonchev–Trinajstić information content (AvgIpc) is 2.10. The maximum atomic E-state index is 8.80. The molecular formula is C7H15NO. The van der Waals surface area contributed by atoms with Crippen molar-refractivity contribution in [3.05, 3.63) is 0 Å². The molecule has 1 saturated carbocycles. The van der Waals surface area contributed by atoms with Crippen LogP contribution in [0.5, 0.6) is 0 Å². The van der Waals surface area contributed by atoms with E-state index in [1.54, 1.807) is 0 Å². The van der Waals surface area contributed by atoms with Gasteiger partial charge in [0.05, 0.1) is 0 Å². The summed E-state index contributed by atoms with van der Waals surface area (Å²) in [5.41, 5.74) is 5.68. The molecule has 2 nitrogen and oxygen atoms in total. The first-order valence-corrected chi connectivity index (χ1v) is 3.60. The lowest BCUT2D eigenvalue weighted by Gasteiger charge is -2.09. The van der Waals surface area contributed by atoms with E-state index in [9.17, 15) is 0 Å². The van der Waals surface area contributed by atoms with Crippen LogP contribution in [-0.2, 0) is 0 Å². The van der Waals surface area contributed by atoms with E-state index in [0.29, 0.717) is 24.5 Å². The van der Waals surface area contributed by atoms with E-state index < -0.39 is 0 Å². The summed E-state index contributed by atoms with van der Waals surface area (Å²) in [7, 11) is 0. The molecule has 1 aliphatic carbocycles. The van der Waals surface area contributed by atoms with Gasteiger partial charge in [0.15, 0.2) is 0 Å². The zero-order valence-corrected chi connectivity index (χ0v) is 5.88. The maximum absolute atomic E-state index is 8.80. The van der Waals surface area contributed by atoms with Crippen molar-refractivity contribution in [3.8, 4) is 0 Å². The molecule has 3 N–H and O–H groups in total. The topological polar surface area (TPSA) is 46.2 Å². The van der Waals surface area contributed by atoms with Crippen molar-refractivity contribution >= 4 is 0 Å². The maximum Gasteiger partial charge on any atom is 0.0462 e. The molecule has 0 aromatic rings. The second-order valence-electron chi connectivity index (χ2n) is 3.15. The summed E-state index contributed by atoms with van der Waals surface area (Å²) in [4.78, 5) is 0. The van der Waals surface area contributed by atoms with Crippen molar-refractivity contribution in [2.45, 2.75) is 25.8 Å². The Morgan fingerprint density at radius 1 is 1.56 bits per heavy atom. The lowest BCUT2D eigenvalue weighted by atomic mass is 10.00. The highest BCUT2D eigenvalue weighted by atomic mass is 16.3. The Balaban J connectivity index is 2.38. The normalized spacial score (nSPS) is 43.7. The van der Waals surface area contributed by atoms with Gasteiger partial charge in [0, 0.05) is 12.6 Å².